The normalized spacial score (nSPS) is 10.1. The number of nitro groups is 1. The highest BCUT2D eigenvalue weighted by molar-refractivity contribution is 5.91. The van der Waals surface area contributed by atoms with Crippen LogP contribution < -0.4 is 14.2 Å². The van der Waals surface area contributed by atoms with Gasteiger partial charge in [-0.1, -0.05) is 24.3 Å². The first-order valence-electron chi connectivity index (χ1n) is 8.49. The summed E-state index contributed by atoms with van der Waals surface area (Å²) in [7, 11) is 0. The molecule has 0 aromatic heterocycles. The first-order chi connectivity index (χ1) is 13.6. The predicted octanol–water partition coefficient (Wildman–Crippen LogP) is 4.27. The molecule has 0 saturated carbocycles. The van der Waals surface area contributed by atoms with Crippen molar-refractivity contribution < 1.29 is 23.9 Å². The molecular weight excluding hydrogens is 362 g/mol. The molecule has 28 heavy (non-hydrogen) atoms. The van der Waals surface area contributed by atoms with Crippen LogP contribution in [-0.2, 0) is 0 Å². The summed E-state index contributed by atoms with van der Waals surface area (Å²) in [6.07, 6.45) is 0. The van der Waals surface area contributed by atoms with Crippen molar-refractivity contribution in [3.8, 4) is 17.2 Å². The zero-order valence-corrected chi connectivity index (χ0v) is 14.8. The van der Waals surface area contributed by atoms with Gasteiger partial charge in [-0.3, -0.25) is 10.1 Å². The van der Waals surface area contributed by atoms with E-state index in [-0.39, 0.29) is 11.4 Å². The number of ether oxygens (including phenoxy) is 3. The summed E-state index contributed by atoms with van der Waals surface area (Å²) in [6.45, 7) is 0.743. The van der Waals surface area contributed by atoms with Crippen molar-refractivity contribution >= 4 is 11.7 Å². The molecule has 0 aliphatic rings. The Balaban J connectivity index is 1.50. The van der Waals surface area contributed by atoms with Crippen LogP contribution in [-0.4, -0.2) is 24.1 Å². The zero-order valence-electron chi connectivity index (χ0n) is 14.8. The van der Waals surface area contributed by atoms with E-state index in [2.05, 4.69) is 0 Å². The molecule has 3 aromatic carbocycles. The number of non-ortho nitro benzene ring substituents is 1. The van der Waals surface area contributed by atoms with Crippen molar-refractivity contribution in [3.63, 3.8) is 0 Å². The molecule has 0 aliphatic carbocycles. The quantitative estimate of drug-likeness (QED) is 0.191. The van der Waals surface area contributed by atoms with Crippen LogP contribution in [0.5, 0.6) is 17.2 Å². The number of hydrogen-bond donors (Lipinski definition) is 0. The molecule has 0 bridgehead atoms. The molecule has 7 nitrogen and oxygen atoms in total. The Bertz CT molecular complexity index is 941. The van der Waals surface area contributed by atoms with E-state index >= 15 is 0 Å². The van der Waals surface area contributed by atoms with E-state index in [0.717, 1.165) is 5.75 Å². The maximum Gasteiger partial charge on any atom is 0.343 e. The molecule has 0 saturated heterocycles. The summed E-state index contributed by atoms with van der Waals surface area (Å²) < 4.78 is 16.3. The minimum Gasteiger partial charge on any atom is -0.490 e. The Morgan fingerprint density at radius 2 is 1.39 bits per heavy atom. The summed E-state index contributed by atoms with van der Waals surface area (Å²) in [5.74, 6) is 0.853. The van der Waals surface area contributed by atoms with Crippen LogP contribution in [0.3, 0.4) is 0 Å². The van der Waals surface area contributed by atoms with Crippen LogP contribution in [0.15, 0.2) is 78.9 Å². The summed E-state index contributed by atoms with van der Waals surface area (Å²) in [5.41, 5.74) is 0.158. The Morgan fingerprint density at radius 3 is 2.04 bits per heavy atom. The SMILES string of the molecule is O=C(Oc1cccc([N+](=O)[O-])c1)c1ccc(OCCOc2ccccc2)cc1. The number of benzene rings is 3. The maximum atomic E-state index is 12.2. The number of nitro benzene ring substituents is 1. The minimum absolute atomic E-state index is 0.109. The molecule has 0 heterocycles. The third-order valence-electron chi connectivity index (χ3n) is 3.69. The van der Waals surface area contributed by atoms with Crippen molar-refractivity contribution in [2.24, 2.45) is 0 Å². The van der Waals surface area contributed by atoms with Crippen LogP contribution in [0.1, 0.15) is 10.4 Å². The van der Waals surface area contributed by atoms with Crippen LogP contribution in [0.25, 0.3) is 0 Å². The lowest BCUT2D eigenvalue weighted by molar-refractivity contribution is -0.384. The highest BCUT2D eigenvalue weighted by Gasteiger charge is 2.12. The minimum atomic E-state index is -0.612. The lowest BCUT2D eigenvalue weighted by Gasteiger charge is -2.09. The molecule has 0 aliphatic heterocycles. The summed E-state index contributed by atoms with van der Waals surface area (Å²) in [6, 6.07) is 21.3. The molecular formula is C21H17NO6. The fraction of sp³-hybridized carbons (Fsp3) is 0.0952. The molecule has 0 radical (unpaired) electrons. The monoisotopic (exact) mass is 379 g/mol. The van der Waals surface area contributed by atoms with Gasteiger partial charge in [-0.05, 0) is 42.5 Å². The highest BCUT2D eigenvalue weighted by atomic mass is 16.6. The highest BCUT2D eigenvalue weighted by Crippen LogP contribution is 2.21. The molecule has 7 heteroatoms. The number of para-hydroxylation sites is 1. The first kappa shape index (κ1) is 18.9. The molecule has 0 spiro atoms. The van der Waals surface area contributed by atoms with Gasteiger partial charge in [0, 0.05) is 6.07 Å². The van der Waals surface area contributed by atoms with Crippen molar-refractivity contribution in [1.82, 2.24) is 0 Å². The molecule has 142 valence electrons. The zero-order chi connectivity index (χ0) is 19.8. The number of carbonyl (C=O) groups excluding carboxylic acids is 1. The maximum absolute atomic E-state index is 12.2. The smallest absolute Gasteiger partial charge is 0.343 e. The van der Waals surface area contributed by atoms with Crippen LogP contribution in [0.4, 0.5) is 5.69 Å². The van der Waals surface area contributed by atoms with E-state index in [9.17, 15) is 14.9 Å². The van der Waals surface area contributed by atoms with Crippen molar-refractivity contribution in [2.45, 2.75) is 0 Å². The number of nitrogens with zero attached hydrogens (tertiary/aromatic N) is 1. The fourth-order valence-electron chi connectivity index (χ4n) is 2.35. The molecule has 0 unspecified atom stereocenters. The predicted molar refractivity (Wildman–Crippen MR) is 102 cm³/mol. The van der Waals surface area contributed by atoms with Crippen molar-refractivity contribution in [3.05, 3.63) is 94.5 Å². The average Bonchev–Trinajstić information content (AvgIpc) is 2.72. The number of carbonyl (C=O) groups is 1. The third-order valence-corrected chi connectivity index (χ3v) is 3.69. The second kappa shape index (κ2) is 9.18. The molecule has 0 atom stereocenters. The van der Waals surface area contributed by atoms with Crippen molar-refractivity contribution in [1.29, 1.82) is 0 Å². The molecule has 0 amide bonds. The Morgan fingerprint density at radius 1 is 0.786 bits per heavy atom. The van der Waals surface area contributed by atoms with E-state index in [0.29, 0.717) is 24.5 Å². The van der Waals surface area contributed by atoms with E-state index in [1.54, 1.807) is 24.3 Å². The average molecular weight is 379 g/mol. The number of hydrogen-bond acceptors (Lipinski definition) is 6. The van der Waals surface area contributed by atoms with Gasteiger partial charge in [0.05, 0.1) is 16.6 Å². The topological polar surface area (TPSA) is 87.9 Å². The van der Waals surface area contributed by atoms with Gasteiger partial charge < -0.3 is 14.2 Å². The largest absolute Gasteiger partial charge is 0.490 e. The lowest BCUT2D eigenvalue weighted by Crippen LogP contribution is -2.10. The second-order valence-corrected chi connectivity index (χ2v) is 5.68. The number of rotatable bonds is 8. The van der Waals surface area contributed by atoms with Gasteiger partial charge in [0.2, 0.25) is 0 Å². The molecule has 0 fully saturated rings. The van der Waals surface area contributed by atoms with Crippen molar-refractivity contribution in [2.75, 3.05) is 13.2 Å². The Labute approximate surface area is 161 Å². The molecule has 3 rings (SSSR count). The van der Waals surface area contributed by atoms with E-state index in [1.807, 2.05) is 30.3 Å². The van der Waals surface area contributed by atoms with Crippen LogP contribution >= 0.6 is 0 Å². The molecule has 3 aromatic rings. The summed E-state index contributed by atoms with van der Waals surface area (Å²) in [4.78, 5) is 22.4. The van der Waals surface area contributed by atoms with Gasteiger partial charge in [0.25, 0.3) is 5.69 Å². The van der Waals surface area contributed by atoms with Gasteiger partial charge in [0.15, 0.2) is 0 Å². The van der Waals surface area contributed by atoms with Crippen LogP contribution in [0, 0.1) is 10.1 Å². The Hall–Kier alpha value is -3.87. The summed E-state index contributed by atoms with van der Waals surface area (Å²) in [5, 5.41) is 10.8. The van der Waals surface area contributed by atoms with Gasteiger partial charge >= 0.3 is 5.97 Å². The summed E-state index contributed by atoms with van der Waals surface area (Å²) >= 11 is 0. The van der Waals surface area contributed by atoms with Gasteiger partial charge in [0.1, 0.15) is 30.5 Å². The molecule has 0 N–H and O–H groups in total. The van der Waals surface area contributed by atoms with E-state index in [4.69, 9.17) is 14.2 Å². The fourth-order valence-corrected chi connectivity index (χ4v) is 2.35. The van der Waals surface area contributed by atoms with Crippen LogP contribution in [0.2, 0.25) is 0 Å². The number of esters is 1. The lowest BCUT2D eigenvalue weighted by atomic mass is 10.2. The Kier molecular flexibility index (Phi) is 6.20. The van der Waals surface area contributed by atoms with E-state index in [1.165, 1.54) is 24.3 Å². The first-order valence-corrected chi connectivity index (χ1v) is 8.49. The van der Waals surface area contributed by atoms with E-state index < -0.39 is 10.9 Å². The van der Waals surface area contributed by atoms with Gasteiger partial charge in [-0.15, -0.1) is 0 Å². The second-order valence-electron chi connectivity index (χ2n) is 5.68. The third kappa shape index (κ3) is 5.31. The standard InChI is InChI=1S/C21H17NO6/c23-21(28-20-8-4-5-17(15-20)22(24)25)16-9-11-19(12-10-16)27-14-13-26-18-6-2-1-3-7-18/h1-12,15H,13-14H2. The van der Waals surface area contributed by atoms with Gasteiger partial charge in [-0.25, -0.2) is 4.79 Å². The van der Waals surface area contributed by atoms with Gasteiger partial charge in [-0.2, -0.15) is 0 Å².